The number of fused-ring (bicyclic) bond motifs is 1. The molecule has 0 unspecified atom stereocenters. The van der Waals surface area contributed by atoms with Crippen LogP contribution >= 0.6 is 0 Å². The molecule has 1 aromatic carbocycles. The third kappa shape index (κ3) is 5.71. The lowest BCUT2D eigenvalue weighted by Crippen LogP contribution is -2.38. The first-order valence-electron chi connectivity index (χ1n) is 10.7. The number of hydrogen-bond acceptors (Lipinski definition) is 4. The number of nitrogens with one attached hydrogen (secondary N) is 1. The summed E-state index contributed by atoms with van der Waals surface area (Å²) in [5, 5.41) is 12.2. The van der Waals surface area contributed by atoms with Crippen LogP contribution in [0.15, 0.2) is 29.3 Å². The van der Waals surface area contributed by atoms with E-state index >= 15 is 0 Å². The van der Waals surface area contributed by atoms with E-state index < -0.39 is 0 Å². The second-order valence-electron chi connectivity index (χ2n) is 7.50. The molecule has 0 atom stereocenters. The van der Waals surface area contributed by atoms with E-state index in [4.69, 9.17) is 9.73 Å². The Balaban J connectivity index is 1.57. The van der Waals surface area contributed by atoms with Gasteiger partial charge in [-0.1, -0.05) is 24.6 Å². The number of aromatic nitrogens is 3. The van der Waals surface area contributed by atoms with Crippen LogP contribution in [-0.4, -0.2) is 52.9 Å². The van der Waals surface area contributed by atoms with Gasteiger partial charge in [0.2, 0.25) is 0 Å². The molecule has 158 valence electrons. The highest BCUT2D eigenvalue weighted by molar-refractivity contribution is 5.79. The minimum absolute atomic E-state index is 0.744. The molecule has 0 fully saturated rings. The average molecular weight is 399 g/mol. The second-order valence-corrected chi connectivity index (χ2v) is 7.50. The Hall–Kier alpha value is -2.57. The summed E-state index contributed by atoms with van der Waals surface area (Å²) in [7, 11) is 3.77. The lowest BCUT2D eigenvalue weighted by molar-refractivity contribution is 0.396. The molecule has 0 bridgehead atoms. The van der Waals surface area contributed by atoms with Crippen molar-refractivity contribution in [1.82, 2.24) is 25.0 Å². The molecule has 29 heavy (non-hydrogen) atoms. The molecule has 1 aliphatic rings. The average Bonchev–Trinajstić information content (AvgIpc) is 2.96. The number of rotatable bonds is 8. The fraction of sp³-hybridized carbons (Fsp3) is 0.591. The number of ether oxygens (including phenoxy) is 1. The van der Waals surface area contributed by atoms with Crippen LogP contribution in [0.25, 0.3) is 0 Å². The Morgan fingerprint density at radius 3 is 2.93 bits per heavy atom. The van der Waals surface area contributed by atoms with E-state index in [0.717, 1.165) is 74.4 Å². The zero-order chi connectivity index (χ0) is 20.5. The molecule has 3 rings (SSSR count). The molecule has 1 aliphatic heterocycles. The van der Waals surface area contributed by atoms with Crippen molar-refractivity contribution in [1.29, 1.82) is 0 Å². The minimum Gasteiger partial charge on any atom is -0.496 e. The molecular formula is C22H34N6O. The first-order valence-corrected chi connectivity index (χ1v) is 10.7. The first-order chi connectivity index (χ1) is 14.2. The minimum atomic E-state index is 0.744. The van der Waals surface area contributed by atoms with E-state index in [2.05, 4.69) is 45.0 Å². The normalized spacial score (nSPS) is 14.2. The highest BCUT2D eigenvalue weighted by Crippen LogP contribution is 2.19. The van der Waals surface area contributed by atoms with Gasteiger partial charge in [0.15, 0.2) is 5.96 Å². The van der Waals surface area contributed by atoms with Crippen LogP contribution in [0.2, 0.25) is 0 Å². The number of nitrogens with zero attached hydrogens (tertiary/aromatic N) is 5. The highest BCUT2D eigenvalue weighted by atomic mass is 16.5. The summed E-state index contributed by atoms with van der Waals surface area (Å²) in [5.41, 5.74) is 1.15. The number of aryl methyl sites for hydroxylation is 2. The van der Waals surface area contributed by atoms with Crippen molar-refractivity contribution in [3.8, 4) is 5.75 Å². The Morgan fingerprint density at radius 1 is 1.24 bits per heavy atom. The maximum atomic E-state index is 5.48. The smallest absolute Gasteiger partial charge is 0.193 e. The van der Waals surface area contributed by atoms with Crippen molar-refractivity contribution < 1.29 is 4.74 Å². The van der Waals surface area contributed by atoms with Gasteiger partial charge in [0, 0.05) is 51.6 Å². The van der Waals surface area contributed by atoms with Gasteiger partial charge >= 0.3 is 0 Å². The maximum absolute atomic E-state index is 5.48. The van der Waals surface area contributed by atoms with Crippen LogP contribution in [0.3, 0.4) is 0 Å². The van der Waals surface area contributed by atoms with Crippen molar-refractivity contribution in [2.75, 3.05) is 27.2 Å². The summed E-state index contributed by atoms with van der Waals surface area (Å²) in [6.07, 6.45) is 6.70. The Bertz CT molecular complexity index is 800. The Labute approximate surface area is 174 Å². The largest absolute Gasteiger partial charge is 0.496 e. The van der Waals surface area contributed by atoms with Crippen LogP contribution in [0.4, 0.5) is 0 Å². The van der Waals surface area contributed by atoms with Crippen molar-refractivity contribution in [3.05, 3.63) is 41.5 Å². The predicted molar refractivity (Wildman–Crippen MR) is 116 cm³/mol. The molecule has 1 N–H and O–H groups in total. The van der Waals surface area contributed by atoms with E-state index in [0.29, 0.717) is 0 Å². The van der Waals surface area contributed by atoms with E-state index in [9.17, 15) is 0 Å². The maximum Gasteiger partial charge on any atom is 0.193 e. The third-order valence-corrected chi connectivity index (χ3v) is 5.30. The molecule has 2 heterocycles. The van der Waals surface area contributed by atoms with Gasteiger partial charge in [0.25, 0.3) is 0 Å². The third-order valence-electron chi connectivity index (χ3n) is 5.30. The summed E-state index contributed by atoms with van der Waals surface area (Å²) >= 11 is 0. The quantitative estimate of drug-likeness (QED) is 0.421. The summed E-state index contributed by atoms with van der Waals surface area (Å²) in [4.78, 5) is 6.97. The van der Waals surface area contributed by atoms with Crippen molar-refractivity contribution in [2.24, 2.45) is 4.99 Å². The number of hydrogen-bond donors (Lipinski definition) is 1. The summed E-state index contributed by atoms with van der Waals surface area (Å²) in [5.74, 6) is 4.09. The van der Waals surface area contributed by atoms with Crippen molar-refractivity contribution in [3.63, 3.8) is 0 Å². The summed E-state index contributed by atoms with van der Waals surface area (Å²) in [6.45, 7) is 5.50. The molecule has 0 aliphatic carbocycles. The van der Waals surface area contributed by atoms with Gasteiger partial charge in [-0.2, -0.15) is 0 Å². The Morgan fingerprint density at radius 2 is 2.10 bits per heavy atom. The van der Waals surface area contributed by atoms with Gasteiger partial charge in [-0.15, -0.1) is 10.2 Å². The number of methoxy groups -OCH3 is 1. The van der Waals surface area contributed by atoms with E-state index in [1.165, 1.54) is 19.3 Å². The van der Waals surface area contributed by atoms with Crippen LogP contribution in [0, 0.1) is 0 Å². The topological polar surface area (TPSA) is 67.6 Å². The van der Waals surface area contributed by atoms with Crippen LogP contribution < -0.4 is 10.1 Å². The standard InChI is InChI=1S/C22H34N6O/c1-4-23-22(27(2)17-18-11-7-8-12-19(18)29-3)24-15-10-14-21-26-25-20-13-6-5-9-16-28(20)21/h7-8,11-12H,4-6,9-10,13-17H2,1-3H3,(H,23,24). The number of aliphatic imine (C=N–C) groups is 1. The van der Waals surface area contributed by atoms with Gasteiger partial charge in [0.1, 0.15) is 17.4 Å². The fourth-order valence-corrected chi connectivity index (χ4v) is 3.79. The zero-order valence-electron chi connectivity index (χ0n) is 18.0. The predicted octanol–water partition coefficient (Wildman–Crippen LogP) is 3.04. The van der Waals surface area contributed by atoms with Crippen molar-refractivity contribution in [2.45, 2.75) is 58.5 Å². The van der Waals surface area contributed by atoms with Crippen molar-refractivity contribution >= 4 is 5.96 Å². The van der Waals surface area contributed by atoms with E-state index in [1.807, 2.05) is 18.2 Å². The molecule has 0 spiro atoms. The number of benzene rings is 1. The van der Waals surface area contributed by atoms with Crippen LogP contribution in [0.5, 0.6) is 5.75 Å². The van der Waals surface area contributed by atoms with E-state index in [1.54, 1.807) is 7.11 Å². The molecular weight excluding hydrogens is 364 g/mol. The molecule has 2 aromatic rings. The van der Waals surface area contributed by atoms with Crippen LogP contribution in [-0.2, 0) is 25.9 Å². The van der Waals surface area contributed by atoms with Crippen LogP contribution in [0.1, 0.15) is 49.8 Å². The zero-order valence-corrected chi connectivity index (χ0v) is 18.0. The lowest BCUT2D eigenvalue weighted by atomic mass is 10.2. The molecule has 7 nitrogen and oxygen atoms in total. The SMILES string of the molecule is CCNC(=NCCCc1nnc2n1CCCCC2)N(C)Cc1ccccc1OC. The van der Waals surface area contributed by atoms with Gasteiger partial charge in [-0.25, -0.2) is 0 Å². The van der Waals surface area contributed by atoms with E-state index in [-0.39, 0.29) is 0 Å². The van der Waals surface area contributed by atoms with Gasteiger partial charge < -0.3 is 19.5 Å². The molecule has 0 saturated carbocycles. The Kier molecular flexibility index (Phi) is 7.90. The number of guanidine groups is 1. The molecule has 0 saturated heterocycles. The van der Waals surface area contributed by atoms with Gasteiger partial charge in [0.05, 0.1) is 7.11 Å². The molecule has 7 heteroatoms. The fourth-order valence-electron chi connectivity index (χ4n) is 3.79. The molecule has 1 aromatic heterocycles. The first kappa shape index (κ1) is 21.1. The number of para-hydroxylation sites is 1. The summed E-state index contributed by atoms with van der Waals surface area (Å²) < 4.78 is 7.81. The summed E-state index contributed by atoms with van der Waals surface area (Å²) in [6, 6.07) is 8.12. The molecule has 0 amide bonds. The highest BCUT2D eigenvalue weighted by Gasteiger charge is 2.14. The van der Waals surface area contributed by atoms with Gasteiger partial charge in [-0.05, 0) is 32.3 Å². The lowest BCUT2D eigenvalue weighted by Gasteiger charge is -2.23. The second kappa shape index (κ2) is 10.8. The van der Waals surface area contributed by atoms with Gasteiger partial charge in [-0.3, -0.25) is 4.99 Å². The molecule has 0 radical (unpaired) electrons. The monoisotopic (exact) mass is 398 g/mol.